The number of aryl methyl sites for hydroxylation is 1. The second-order valence-electron chi connectivity index (χ2n) is 4.38. The number of thiazole rings is 1. The molecule has 0 saturated carbocycles. The Balaban J connectivity index is 2.10. The molecule has 5 nitrogen and oxygen atoms in total. The predicted octanol–water partition coefficient (Wildman–Crippen LogP) is 1.52. The molecule has 0 spiro atoms. The number of aromatic nitrogens is 1. The fourth-order valence-electron chi connectivity index (χ4n) is 1.51. The molecule has 6 heteroatoms. The first-order chi connectivity index (χ1) is 9.13. The SMILES string of the molecule is CCOCCOCC(O)CNC(C)c1nc(C)cs1. The van der Waals surface area contributed by atoms with Crippen LogP contribution in [-0.4, -0.2) is 49.2 Å². The fraction of sp³-hybridized carbons (Fsp3) is 0.769. The zero-order chi connectivity index (χ0) is 14.1. The molecular weight excluding hydrogens is 264 g/mol. The molecule has 0 bridgehead atoms. The van der Waals surface area contributed by atoms with E-state index >= 15 is 0 Å². The predicted molar refractivity (Wildman–Crippen MR) is 76.6 cm³/mol. The van der Waals surface area contributed by atoms with Crippen molar-refractivity contribution in [2.24, 2.45) is 0 Å². The lowest BCUT2D eigenvalue weighted by Gasteiger charge is -2.15. The van der Waals surface area contributed by atoms with Crippen LogP contribution in [0.2, 0.25) is 0 Å². The van der Waals surface area contributed by atoms with Gasteiger partial charge >= 0.3 is 0 Å². The molecule has 2 N–H and O–H groups in total. The summed E-state index contributed by atoms with van der Waals surface area (Å²) in [4.78, 5) is 4.41. The molecule has 0 aliphatic rings. The first-order valence-corrected chi connectivity index (χ1v) is 7.50. The Bertz CT molecular complexity index is 346. The Kier molecular flexibility index (Phi) is 8.16. The fourth-order valence-corrected chi connectivity index (χ4v) is 2.34. The van der Waals surface area contributed by atoms with Crippen LogP contribution >= 0.6 is 11.3 Å². The maximum absolute atomic E-state index is 9.76. The third-order valence-electron chi connectivity index (χ3n) is 2.55. The molecule has 0 aliphatic heterocycles. The summed E-state index contributed by atoms with van der Waals surface area (Å²) < 4.78 is 10.5. The van der Waals surface area contributed by atoms with Crippen LogP contribution < -0.4 is 5.32 Å². The molecule has 0 aliphatic carbocycles. The van der Waals surface area contributed by atoms with E-state index in [9.17, 15) is 5.11 Å². The Labute approximate surface area is 119 Å². The van der Waals surface area contributed by atoms with Crippen molar-refractivity contribution in [1.82, 2.24) is 10.3 Å². The Morgan fingerprint density at radius 1 is 1.42 bits per heavy atom. The second kappa shape index (κ2) is 9.39. The van der Waals surface area contributed by atoms with Crippen LogP contribution in [0.4, 0.5) is 0 Å². The topological polar surface area (TPSA) is 63.6 Å². The lowest BCUT2D eigenvalue weighted by molar-refractivity contribution is 0.00586. The molecule has 110 valence electrons. The Hall–Kier alpha value is -0.530. The summed E-state index contributed by atoms with van der Waals surface area (Å²) >= 11 is 1.63. The monoisotopic (exact) mass is 288 g/mol. The van der Waals surface area contributed by atoms with Gasteiger partial charge in [-0.3, -0.25) is 0 Å². The van der Waals surface area contributed by atoms with Crippen molar-refractivity contribution in [2.75, 3.05) is 33.0 Å². The van der Waals surface area contributed by atoms with Gasteiger partial charge in [-0.05, 0) is 20.8 Å². The number of hydrogen-bond donors (Lipinski definition) is 2. The minimum absolute atomic E-state index is 0.150. The van der Waals surface area contributed by atoms with Crippen LogP contribution in [-0.2, 0) is 9.47 Å². The molecule has 0 aromatic carbocycles. The third-order valence-corrected chi connectivity index (χ3v) is 3.70. The number of aliphatic hydroxyl groups excluding tert-OH is 1. The largest absolute Gasteiger partial charge is 0.389 e. The number of hydrogen-bond acceptors (Lipinski definition) is 6. The number of aliphatic hydroxyl groups is 1. The number of rotatable bonds is 10. The number of ether oxygens (including phenoxy) is 2. The first kappa shape index (κ1) is 16.5. The standard InChI is InChI=1S/C13H24N2O3S/c1-4-17-5-6-18-8-12(16)7-14-11(3)13-15-10(2)9-19-13/h9,11-12,14,16H,4-8H2,1-3H3. The first-order valence-electron chi connectivity index (χ1n) is 6.62. The second-order valence-corrected chi connectivity index (χ2v) is 5.27. The van der Waals surface area contributed by atoms with Gasteiger partial charge in [0.1, 0.15) is 5.01 Å². The minimum atomic E-state index is -0.509. The normalized spacial score (nSPS) is 14.5. The molecule has 0 amide bonds. The Morgan fingerprint density at radius 3 is 2.79 bits per heavy atom. The van der Waals surface area contributed by atoms with E-state index in [0.717, 1.165) is 10.7 Å². The van der Waals surface area contributed by atoms with E-state index in [0.29, 0.717) is 33.0 Å². The zero-order valence-electron chi connectivity index (χ0n) is 11.9. The van der Waals surface area contributed by atoms with Crippen molar-refractivity contribution >= 4 is 11.3 Å². The summed E-state index contributed by atoms with van der Waals surface area (Å²) in [7, 11) is 0. The summed E-state index contributed by atoms with van der Waals surface area (Å²) in [6.45, 7) is 8.57. The van der Waals surface area contributed by atoms with Gasteiger partial charge in [0.25, 0.3) is 0 Å². The average Bonchev–Trinajstić information content (AvgIpc) is 2.82. The van der Waals surface area contributed by atoms with Gasteiger partial charge in [-0.25, -0.2) is 4.98 Å². The maximum atomic E-state index is 9.76. The van der Waals surface area contributed by atoms with Gasteiger partial charge in [-0.2, -0.15) is 0 Å². The quantitative estimate of drug-likeness (QED) is 0.639. The van der Waals surface area contributed by atoms with Gasteiger partial charge in [0.05, 0.1) is 32.0 Å². The van der Waals surface area contributed by atoms with Crippen molar-refractivity contribution < 1.29 is 14.6 Å². The maximum Gasteiger partial charge on any atom is 0.110 e. The van der Waals surface area contributed by atoms with Gasteiger partial charge in [0, 0.05) is 24.2 Å². The van der Waals surface area contributed by atoms with E-state index in [2.05, 4.69) is 10.3 Å². The molecule has 1 rings (SSSR count). The molecule has 0 radical (unpaired) electrons. The summed E-state index contributed by atoms with van der Waals surface area (Å²) in [5.41, 5.74) is 1.04. The van der Waals surface area contributed by atoms with Crippen LogP contribution in [0, 0.1) is 6.92 Å². The smallest absolute Gasteiger partial charge is 0.110 e. The van der Waals surface area contributed by atoms with Crippen LogP contribution in [0.3, 0.4) is 0 Å². The molecule has 0 fully saturated rings. The van der Waals surface area contributed by atoms with Crippen molar-refractivity contribution in [1.29, 1.82) is 0 Å². The van der Waals surface area contributed by atoms with E-state index in [-0.39, 0.29) is 6.04 Å². The van der Waals surface area contributed by atoms with Gasteiger partial charge in [-0.1, -0.05) is 0 Å². The molecule has 1 aromatic heterocycles. The lowest BCUT2D eigenvalue weighted by atomic mass is 10.3. The van der Waals surface area contributed by atoms with E-state index in [1.807, 2.05) is 26.2 Å². The van der Waals surface area contributed by atoms with Crippen LogP contribution in [0.1, 0.15) is 30.6 Å². The van der Waals surface area contributed by atoms with E-state index < -0.39 is 6.10 Å². The Morgan fingerprint density at radius 2 is 2.16 bits per heavy atom. The van der Waals surface area contributed by atoms with E-state index in [1.54, 1.807) is 11.3 Å². The highest BCUT2D eigenvalue weighted by Crippen LogP contribution is 2.17. The zero-order valence-corrected chi connectivity index (χ0v) is 12.7. The van der Waals surface area contributed by atoms with Gasteiger partial charge < -0.3 is 19.9 Å². The molecule has 0 saturated heterocycles. The van der Waals surface area contributed by atoms with Gasteiger partial charge in [0.15, 0.2) is 0 Å². The highest BCUT2D eigenvalue weighted by atomic mass is 32.1. The molecule has 1 heterocycles. The average molecular weight is 288 g/mol. The van der Waals surface area contributed by atoms with E-state index in [1.165, 1.54) is 0 Å². The van der Waals surface area contributed by atoms with Crippen LogP contribution in [0.25, 0.3) is 0 Å². The molecule has 2 atom stereocenters. The summed E-state index contributed by atoms with van der Waals surface area (Å²) in [6.07, 6.45) is -0.509. The summed E-state index contributed by atoms with van der Waals surface area (Å²) in [5, 5.41) is 16.1. The summed E-state index contributed by atoms with van der Waals surface area (Å²) in [6, 6.07) is 0.150. The van der Waals surface area contributed by atoms with Crippen molar-refractivity contribution in [3.05, 3.63) is 16.1 Å². The van der Waals surface area contributed by atoms with Crippen molar-refractivity contribution in [2.45, 2.75) is 32.9 Å². The van der Waals surface area contributed by atoms with Gasteiger partial charge in [-0.15, -0.1) is 11.3 Å². The van der Waals surface area contributed by atoms with Crippen LogP contribution in [0.5, 0.6) is 0 Å². The highest BCUT2D eigenvalue weighted by molar-refractivity contribution is 7.09. The molecular formula is C13H24N2O3S. The number of nitrogens with one attached hydrogen (secondary N) is 1. The van der Waals surface area contributed by atoms with Gasteiger partial charge in [0.2, 0.25) is 0 Å². The molecule has 2 unspecified atom stereocenters. The summed E-state index contributed by atoms with van der Waals surface area (Å²) in [5.74, 6) is 0. The van der Waals surface area contributed by atoms with Crippen molar-refractivity contribution in [3.63, 3.8) is 0 Å². The molecule has 1 aromatic rings. The van der Waals surface area contributed by atoms with Crippen LogP contribution in [0.15, 0.2) is 5.38 Å². The lowest BCUT2D eigenvalue weighted by Crippen LogP contribution is -2.32. The third kappa shape index (κ3) is 6.98. The number of nitrogens with zero attached hydrogens (tertiary/aromatic N) is 1. The van der Waals surface area contributed by atoms with E-state index in [4.69, 9.17) is 9.47 Å². The van der Waals surface area contributed by atoms with Crippen molar-refractivity contribution in [3.8, 4) is 0 Å². The minimum Gasteiger partial charge on any atom is -0.389 e. The highest BCUT2D eigenvalue weighted by Gasteiger charge is 2.11. The molecule has 19 heavy (non-hydrogen) atoms.